The molecule has 0 bridgehead atoms. The van der Waals surface area contributed by atoms with E-state index in [1.165, 1.54) is 11.3 Å². The van der Waals surface area contributed by atoms with Crippen LogP contribution >= 0.6 is 27.3 Å². The van der Waals surface area contributed by atoms with Gasteiger partial charge in [0.25, 0.3) is 5.91 Å². The van der Waals surface area contributed by atoms with Gasteiger partial charge in [-0.25, -0.2) is 0 Å². The number of carbonyl (C=O) groups excluding carboxylic acids is 2. The topological polar surface area (TPSA) is 46.2 Å². The van der Waals surface area contributed by atoms with Gasteiger partial charge in [-0.3, -0.25) is 9.59 Å². The number of aldehydes is 1. The van der Waals surface area contributed by atoms with E-state index in [1.807, 2.05) is 48.5 Å². The fourth-order valence-electron chi connectivity index (χ4n) is 2.75. The van der Waals surface area contributed by atoms with E-state index >= 15 is 0 Å². The van der Waals surface area contributed by atoms with Gasteiger partial charge in [0.2, 0.25) is 0 Å². The minimum Gasteiger partial charge on any atom is -0.313 e. The van der Waals surface area contributed by atoms with E-state index in [9.17, 15) is 9.59 Å². The summed E-state index contributed by atoms with van der Waals surface area (Å²) in [7, 11) is 0. The van der Waals surface area contributed by atoms with Crippen LogP contribution < -0.4 is 5.32 Å². The van der Waals surface area contributed by atoms with Crippen LogP contribution in [-0.2, 0) is 0 Å². The van der Waals surface area contributed by atoms with Gasteiger partial charge in [-0.1, -0.05) is 36.4 Å². The summed E-state index contributed by atoms with van der Waals surface area (Å²) in [4.78, 5) is 23.5. The van der Waals surface area contributed by atoms with Crippen LogP contribution in [0.4, 0.5) is 5.00 Å². The summed E-state index contributed by atoms with van der Waals surface area (Å²) in [6, 6.07) is 18.9. The number of amides is 1. The number of nitrogens with one attached hydrogen (secondary N) is 1. The van der Waals surface area contributed by atoms with Gasteiger partial charge in [0, 0.05) is 21.2 Å². The minimum absolute atomic E-state index is 0.159. The zero-order chi connectivity index (χ0) is 17.4. The Balaban J connectivity index is 1.67. The molecule has 4 rings (SSSR count). The van der Waals surface area contributed by atoms with Gasteiger partial charge in [0.05, 0.1) is 4.47 Å². The number of anilines is 1. The molecule has 0 aliphatic rings. The summed E-state index contributed by atoms with van der Waals surface area (Å²) in [5.41, 5.74) is 1.20. The van der Waals surface area contributed by atoms with Gasteiger partial charge in [0.1, 0.15) is 11.3 Å². The lowest BCUT2D eigenvalue weighted by molar-refractivity contribution is 0.102. The molecule has 3 aromatic carbocycles. The van der Waals surface area contributed by atoms with Crippen LogP contribution in [-0.4, -0.2) is 12.2 Å². The molecule has 1 heterocycles. The molecule has 0 unspecified atom stereocenters. The zero-order valence-electron chi connectivity index (χ0n) is 13.0. The molecular weight excluding hydrogens is 398 g/mol. The average Bonchev–Trinajstić information content (AvgIpc) is 2.96. The Kier molecular flexibility index (Phi) is 4.11. The van der Waals surface area contributed by atoms with Crippen molar-refractivity contribution in [3.05, 3.63) is 76.3 Å². The van der Waals surface area contributed by atoms with E-state index in [-0.39, 0.29) is 5.91 Å². The monoisotopic (exact) mass is 409 g/mol. The van der Waals surface area contributed by atoms with E-state index in [0.29, 0.717) is 11.1 Å². The van der Waals surface area contributed by atoms with Gasteiger partial charge in [-0.15, -0.1) is 11.3 Å². The average molecular weight is 410 g/mol. The Bertz CT molecular complexity index is 1130. The van der Waals surface area contributed by atoms with Crippen molar-refractivity contribution in [3.63, 3.8) is 0 Å². The molecule has 0 aliphatic carbocycles. The molecule has 1 amide bonds. The normalized spacial score (nSPS) is 10.9. The van der Waals surface area contributed by atoms with Gasteiger partial charge >= 0.3 is 0 Å². The second-order valence-electron chi connectivity index (χ2n) is 5.63. The fraction of sp³-hybridized carbons (Fsp3) is 0. The van der Waals surface area contributed by atoms with Crippen LogP contribution in [0.3, 0.4) is 0 Å². The van der Waals surface area contributed by atoms with E-state index in [1.54, 1.807) is 12.1 Å². The van der Waals surface area contributed by atoms with Crippen LogP contribution in [0.5, 0.6) is 0 Å². The molecule has 0 spiro atoms. The third-order valence-electron chi connectivity index (χ3n) is 4.02. The molecule has 0 atom stereocenters. The lowest BCUT2D eigenvalue weighted by Gasteiger charge is -2.06. The first-order valence-corrected chi connectivity index (χ1v) is 9.24. The van der Waals surface area contributed by atoms with E-state index in [0.717, 1.165) is 36.6 Å². The molecule has 1 N–H and O–H groups in total. The van der Waals surface area contributed by atoms with Crippen LogP contribution in [0.15, 0.2) is 65.1 Å². The van der Waals surface area contributed by atoms with Gasteiger partial charge in [-0.2, -0.15) is 0 Å². The number of hydrogen-bond acceptors (Lipinski definition) is 3. The molecule has 5 heteroatoms. The highest BCUT2D eigenvalue weighted by atomic mass is 79.9. The lowest BCUT2D eigenvalue weighted by Crippen LogP contribution is -2.11. The number of halogens is 1. The highest BCUT2D eigenvalue weighted by molar-refractivity contribution is 9.10. The van der Waals surface area contributed by atoms with Gasteiger partial charge < -0.3 is 5.32 Å². The lowest BCUT2D eigenvalue weighted by atomic mass is 10.0. The van der Waals surface area contributed by atoms with Crippen LogP contribution in [0, 0.1) is 0 Å². The summed E-state index contributed by atoms with van der Waals surface area (Å²) in [6.07, 6.45) is 0.818. The SMILES string of the molecule is O=Cc1ccc2cc(C(=O)Nc3sc4ccccc4c3Br)ccc2c1. The number of benzene rings is 3. The van der Waals surface area contributed by atoms with E-state index < -0.39 is 0 Å². The maximum Gasteiger partial charge on any atom is 0.256 e. The third-order valence-corrected chi connectivity index (χ3v) is 6.20. The molecule has 1 aromatic heterocycles. The van der Waals surface area contributed by atoms with Crippen molar-refractivity contribution in [1.82, 2.24) is 0 Å². The smallest absolute Gasteiger partial charge is 0.256 e. The van der Waals surface area contributed by atoms with Gasteiger partial charge in [0.15, 0.2) is 0 Å². The molecule has 0 aliphatic heterocycles. The number of thiophene rings is 1. The summed E-state index contributed by atoms with van der Waals surface area (Å²) in [5.74, 6) is -0.159. The van der Waals surface area contributed by atoms with Crippen LogP contribution in [0.2, 0.25) is 0 Å². The minimum atomic E-state index is -0.159. The van der Waals surface area contributed by atoms with Crippen molar-refractivity contribution in [3.8, 4) is 0 Å². The van der Waals surface area contributed by atoms with Crippen molar-refractivity contribution < 1.29 is 9.59 Å². The second kappa shape index (κ2) is 6.43. The van der Waals surface area contributed by atoms with Crippen molar-refractivity contribution in [2.75, 3.05) is 5.32 Å². The molecule has 0 saturated carbocycles. The number of fused-ring (bicyclic) bond motifs is 2. The summed E-state index contributed by atoms with van der Waals surface area (Å²) < 4.78 is 2.02. The molecule has 0 fully saturated rings. The van der Waals surface area contributed by atoms with Crippen molar-refractivity contribution in [2.45, 2.75) is 0 Å². The van der Waals surface area contributed by atoms with Crippen LogP contribution in [0.25, 0.3) is 20.9 Å². The maximum atomic E-state index is 12.6. The van der Waals surface area contributed by atoms with Crippen LogP contribution in [0.1, 0.15) is 20.7 Å². The number of hydrogen-bond donors (Lipinski definition) is 1. The second-order valence-corrected chi connectivity index (χ2v) is 7.48. The Morgan fingerprint density at radius 1 is 1.00 bits per heavy atom. The van der Waals surface area contributed by atoms with E-state index in [2.05, 4.69) is 21.2 Å². The van der Waals surface area contributed by atoms with Crippen molar-refractivity contribution >= 4 is 65.3 Å². The molecule has 25 heavy (non-hydrogen) atoms. The Morgan fingerprint density at radius 2 is 1.76 bits per heavy atom. The quantitative estimate of drug-likeness (QED) is 0.429. The predicted octanol–water partition coefficient (Wildman–Crippen LogP) is 5.88. The molecular formula is C20H12BrNO2S. The largest absolute Gasteiger partial charge is 0.313 e. The van der Waals surface area contributed by atoms with Crippen molar-refractivity contribution in [2.24, 2.45) is 0 Å². The summed E-state index contributed by atoms with van der Waals surface area (Å²) in [6.45, 7) is 0. The maximum absolute atomic E-state index is 12.6. The Hall–Kier alpha value is -2.50. The number of rotatable bonds is 3. The fourth-order valence-corrected chi connectivity index (χ4v) is 4.56. The third kappa shape index (κ3) is 2.97. The Labute approximate surface area is 156 Å². The highest BCUT2D eigenvalue weighted by Crippen LogP contribution is 2.39. The first-order valence-electron chi connectivity index (χ1n) is 7.63. The molecule has 122 valence electrons. The first kappa shape index (κ1) is 16.0. The molecule has 3 nitrogen and oxygen atoms in total. The zero-order valence-corrected chi connectivity index (χ0v) is 15.4. The Morgan fingerprint density at radius 3 is 2.56 bits per heavy atom. The standard InChI is InChI=1S/C20H12BrNO2S/c21-18-16-3-1-2-4-17(16)25-20(18)22-19(24)15-8-7-13-9-12(11-23)5-6-14(13)10-15/h1-11H,(H,22,24). The summed E-state index contributed by atoms with van der Waals surface area (Å²) >= 11 is 5.11. The van der Waals surface area contributed by atoms with Gasteiger partial charge in [-0.05, 0) is 51.0 Å². The number of carbonyl (C=O) groups is 2. The van der Waals surface area contributed by atoms with E-state index in [4.69, 9.17) is 0 Å². The molecule has 0 saturated heterocycles. The predicted molar refractivity (Wildman–Crippen MR) is 107 cm³/mol. The first-order chi connectivity index (χ1) is 12.2. The molecule has 4 aromatic rings. The highest BCUT2D eigenvalue weighted by Gasteiger charge is 2.13. The van der Waals surface area contributed by atoms with Crippen molar-refractivity contribution in [1.29, 1.82) is 0 Å². The summed E-state index contributed by atoms with van der Waals surface area (Å²) in [5, 5.41) is 6.72. The molecule has 0 radical (unpaired) electrons.